The number of nitrogen functional groups attached to an aromatic ring is 1. The molecule has 20 heavy (non-hydrogen) atoms. The van der Waals surface area contributed by atoms with Crippen LogP contribution in [0.3, 0.4) is 0 Å². The van der Waals surface area contributed by atoms with Crippen molar-refractivity contribution in [3.63, 3.8) is 0 Å². The molecule has 0 spiro atoms. The van der Waals surface area contributed by atoms with Gasteiger partial charge in [0.15, 0.2) is 0 Å². The quantitative estimate of drug-likeness (QED) is 0.572. The molecule has 1 heterocycles. The number of hydrogen-bond donors (Lipinski definition) is 3. The number of benzene rings is 1. The summed E-state index contributed by atoms with van der Waals surface area (Å²) in [5.74, 6) is 4.75. The highest BCUT2D eigenvalue weighted by molar-refractivity contribution is 9.10. The first kappa shape index (κ1) is 14.7. The van der Waals surface area contributed by atoms with Crippen molar-refractivity contribution >= 4 is 37.3 Å². The third-order valence-corrected chi connectivity index (χ3v) is 4.30. The van der Waals surface area contributed by atoms with Crippen LogP contribution in [0.2, 0.25) is 0 Å². The van der Waals surface area contributed by atoms with Gasteiger partial charge in [-0.15, -0.1) is 0 Å². The van der Waals surface area contributed by atoms with Gasteiger partial charge >= 0.3 is 0 Å². The van der Waals surface area contributed by atoms with Crippen LogP contribution in [0.1, 0.15) is 0 Å². The van der Waals surface area contributed by atoms with Gasteiger partial charge in [-0.3, -0.25) is 10.6 Å². The summed E-state index contributed by atoms with van der Waals surface area (Å²) < 4.78 is 40.0. The van der Waals surface area contributed by atoms with E-state index in [1.165, 1.54) is 24.4 Å². The number of nitrogens with two attached hydrogens (primary N) is 1. The number of hydrazine groups is 1. The number of halogens is 2. The highest BCUT2D eigenvalue weighted by Gasteiger charge is 2.20. The molecular formula is C11H10BrFN4O2S. The number of anilines is 2. The lowest BCUT2D eigenvalue weighted by atomic mass is 10.3. The van der Waals surface area contributed by atoms with E-state index in [1.54, 1.807) is 6.07 Å². The number of nitrogens with zero attached hydrogens (tertiary/aromatic N) is 1. The van der Waals surface area contributed by atoms with Crippen molar-refractivity contribution in [2.45, 2.75) is 5.03 Å². The highest BCUT2D eigenvalue weighted by Crippen LogP contribution is 2.24. The molecule has 0 atom stereocenters. The van der Waals surface area contributed by atoms with E-state index in [9.17, 15) is 12.8 Å². The molecule has 0 amide bonds. The van der Waals surface area contributed by atoms with E-state index in [-0.39, 0.29) is 20.9 Å². The first-order valence-electron chi connectivity index (χ1n) is 5.33. The molecule has 1 aromatic carbocycles. The van der Waals surface area contributed by atoms with Crippen molar-refractivity contribution in [2.75, 3.05) is 10.1 Å². The zero-order chi connectivity index (χ0) is 14.8. The molecule has 0 radical (unpaired) electrons. The molecule has 9 heteroatoms. The SMILES string of the molecule is NNc1cccnc1S(=O)(=O)Nc1ccc(F)c(Br)c1. The third kappa shape index (κ3) is 3.06. The van der Waals surface area contributed by atoms with Gasteiger partial charge in [-0.05, 0) is 46.3 Å². The molecule has 0 bridgehead atoms. The van der Waals surface area contributed by atoms with Crippen LogP contribution in [-0.4, -0.2) is 13.4 Å². The van der Waals surface area contributed by atoms with Crippen LogP contribution in [0.25, 0.3) is 0 Å². The Bertz CT molecular complexity index is 739. The van der Waals surface area contributed by atoms with E-state index in [0.29, 0.717) is 0 Å². The van der Waals surface area contributed by atoms with Gasteiger partial charge in [0.05, 0.1) is 15.8 Å². The Kier molecular flexibility index (Phi) is 4.21. The monoisotopic (exact) mass is 360 g/mol. The van der Waals surface area contributed by atoms with Gasteiger partial charge in [0.25, 0.3) is 10.0 Å². The van der Waals surface area contributed by atoms with Crippen molar-refractivity contribution in [3.8, 4) is 0 Å². The van der Waals surface area contributed by atoms with Crippen LogP contribution in [0.5, 0.6) is 0 Å². The van der Waals surface area contributed by atoms with Gasteiger partial charge in [-0.2, -0.15) is 8.42 Å². The highest BCUT2D eigenvalue weighted by atomic mass is 79.9. The fourth-order valence-corrected chi connectivity index (χ4v) is 3.01. The van der Waals surface area contributed by atoms with Crippen LogP contribution in [0, 0.1) is 5.82 Å². The smallest absolute Gasteiger partial charge is 0.281 e. The predicted molar refractivity (Wildman–Crippen MR) is 77.0 cm³/mol. The van der Waals surface area contributed by atoms with E-state index in [2.05, 4.69) is 31.1 Å². The number of hydrogen-bond acceptors (Lipinski definition) is 5. The number of aromatic nitrogens is 1. The maximum Gasteiger partial charge on any atom is 0.281 e. The molecule has 6 nitrogen and oxygen atoms in total. The third-order valence-electron chi connectivity index (χ3n) is 2.35. The van der Waals surface area contributed by atoms with Crippen LogP contribution in [-0.2, 0) is 10.0 Å². The summed E-state index contributed by atoms with van der Waals surface area (Å²) in [5, 5.41) is -0.247. The topological polar surface area (TPSA) is 97.1 Å². The van der Waals surface area contributed by atoms with Gasteiger partial charge in [0.2, 0.25) is 5.03 Å². The Morgan fingerprint density at radius 1 is 1.30 bits per heavy atom. The Balaban J connectivity index is 2.38. The van der Waals surface area contributed by atoms with E-state index in [4.69, 9.17) is 5.84 Å². The van der Waals surface area contributed by atoms with Crippen LogP contribution < -0.4 is 16.0 Å². The average Bonchev–Trinajstić information content (AvgIpc) is 2.42. The lowest BCUT2D eigenvalue weighted by Gasteiger charge is -2.11. The molecule has 0 aliphatic heterocycles. The molecule has 0 saturated heterocycles. The molecule has 0 saturated carbocycles. The van der Waals surface area contributed by atoms with E-state index in [0.717, 1.165) is 6.07 Å². The molecule has 0 unspecified atom stereocenters. The predicted octanol–water partition coefficient (Wildman–Crippen LogP) is 2.07. The van der Waals surface area contributed by atoms with Gasteiger partial charge in [-0.25, -0.2) is 9.37 Å². The minimum atomic E-state index is -3.93. The second kappa shape index (κ2) is 5.73. The minimum Gasteiger partial charge on any atom is -0.321 e. The Labute approximate surface area is 123 Å². The van der Waals surface area contributed by atoms with Gasteiger partial charge < -0.3 is 5.43 Å². The molecular weight excluding hydrogens is 351 g/mol. The molecule has 2 aromatic rings. The Morgan fingerprint density at radius 2 is 2.05 bits per heavy atom. The van der Waals surface area contributed by atoms with Gasteiger partial charge in [0, 0.05) is 6.20 Å². The summed E-state index contributed by atoms with van der Waals surface area (Å²) in [6.07, 6.45) is 1.33. The summed E-state index contributed by atoms with van der Waals surface area (Å²) >= 11 is 2.98. The zero-order valence-corrected chi connectivity index (χ0v) is 12.4. The Hall–Kier alpha value is -1.71. The normalized spacial score (nSPS) is 11.2. The number of nitrogens with one attached hydrogen (secondary N) is 2. The van der Waals surface area contributed by atoms with Crippen molar-refractivity contribution in [3.05, 3.63) is 46.8 Å². The summed E-state index contributed by atoms with van der Waals surface area (Å²) in [4.78, 5) is 3.78. The van der Waals surface area contributed by atoms with Crippen LogP contribution >= 0.6 is 15.9 Å². The number of pyridine rings is 1. The summed E-state index contributed by atoms with van der Waals surface area (Å²) in [6, 6.07) is 6.77. The second-order valence-electron chi connectivity index (χ2n) is 3.73. The first-order valence-corrected chi connectivity index (χ1v) is 7.61. The van der Waals surface area contributed by atoms with Crippen molar-refractivity contribution in [2.24, 2.45) is 5.84 Å². The zero-order valence-electron chi connectivity index (χ0n) is 9.97. The molecule has 1 aromatic heterocycles. The van der Waals surface area contributed by atoms with Gasteiger partial charge in [0.1, 0.15) is 5.82 Å². The standard InChI is InChI=1S/C11H10BrFN4O2S/c12-8-6-7(3-4-9(8)13)17-20(18,19)11-10(16-14)2-1-5-15-11/h1-6,16-17H,14H2. The summed E-state index contributed by atoms with van der Waals surface area (Å²) in [6.45, 7) is 0. The number of rotatable bonds is 4. The lowest BCUT2D eigenvalue weighted by molar-refractivity contribution is 0.597. The first-order chi connectivity index (χ1) is 9.44. The van der Waals surface area contributed by atoms with E-state index in [1.807, 2.05) is 0 Å². The Morgan fingerprint density at radius 3 is 2.70 bits per heavy atom. The summed E-state index contributed by atoms with van der Waals surface area (Å²) in [5.41, 5.74) is 2.61. The van der Waals surface area contributed by atoms with Crippen LogP contribution in [0.4, 0.5) is 15.8 Å². The van der Waals surface area contributed by atoms with E-state index >= 15 is 0 Å². The largest absolute Gasteiger partial charge is 0.321 e. The maximum absolute atomic E-state index is 13.1. The fourth-order valence-electron chi connectivity index (χ4n) is 1.48. The molecule has 106 valence electrons. The average molecular weight is 361 g/mol. The molecule has 0 aliphatic rings. The van der Waals surface area contributed by atoms with Crippen molar-refractivity contribution < 1.29 is 12.8 Å². The molecule has 0 fully saturated rings. The number of sulfonamides is 1. The summed E-state index contributed by atoms with van der Waals surface area (Å²) in [7, 11) is -3.93. The lowest BCUT2D eigenvalue weighted by Crippen LogP contribution is -2.19. The molecule has 4 N–H and O–H groups in total. The van der Waals surface area contributed by atoms with E-state index < -0.39 is 15.8 Å². The molecule has 2 rings (SSSR count). The van der Waals surface area contributed by atoms with Crippen molar-refractivity contribution in [1.29, 1.82) is 0 Å². The van der Waals surface area contributed by atoms with Crippen molar-refractivity contribution in [1.82, 2.24) is 4.98 Å². The second-order valence-corrected chi connectivity index (χ2v) is 6.19. The minimum absolute atomic E-state index is 0.149. The fraction of sp³-hybridized carbons (Fsp3) is 0. The molecule has 0 aliphatic carbocycles. The van der Waals surface area contributed by atoms with Gasteiger partial charge in [-0.1, -0.05) is 0 Å². The van der Waals surface area contributed by atoms with Crippen LogP contribution in [0.15, 0.2) is 46.0 Å². The maximum atomic E-state index is 13.1.